The molecule has 0 bridgehead atoms. The van der Waals surface area contributed by atoms with Gasteiger partial charge in [0.15, 0.2) is 0 Å². The Morgan fingerprint density at radius 1 is 1.27 bits per heavy atom. The predicted octanol–water partition coefficient (Wildman–Crippen LogP) is 1.41. The summed E-state index contributed by atoms with van der Waals surface area (Å²) in [5.41, 5.74) is 0.826. The summed E-state index contributed by atoms with van der Waals surface area (Å²) in [5.74, 6) is 0.499. The third-order valence-corrected chi connectivity index (χ3v) is 4.25. The van der Waals surface area contributed by atoms with E-state index in [4.69, 9.17) is 4.74 Å². The van der Waals surface area contributed by atoms with E-state index in [1.54, 1.807) is 29.6 Å². The minimum absolute atomic E-state index is 0.0432. The van der Waals surface area contributed by atoms with Gasteiger partial charge < -0.3 is 15.0 Å². The highest BCUT2D eigenvalue weighted by Crippen LogP contribution is 2.19. The van der Waals surface area contributed by atoms with Gasteiger partial charge >= 0.3 is 0 Å². The van der Waals surface area contributed by atoms with Gasteiger partial charge in [-0.1, -0.05) is 6.07 Å². The fourth-order valence-corrected chi connectivity index (χ4v) is 2.89. The third-order valence-electron chi connectivity index (χ3n) is 4.25. The van der Waals surface area contributed by atoms with Crippen LogP contribution in [0.25, 0.3) is 0 Å². The Hall–Kier alpha value is -2.96. The van der Waals surface area contributed by atoms with Crippen molar-refractivity contribution in [2.24, 2.45) is 5.92 Å². The van der Waals surface area contributed by atoms with Crippen molar-refractivity contribution >= 4 is 11.8 Å². The molecule has 7 nitrogen and oxygen atoms in total. The first-order chi connectivity index (χ1) is 12.7. The van der Waals surface area contributed by atoms with Crippen molar-refractivity contribution in [3.63, 3.8) is 0 Å². The molecular weight excluding hydrogens is 332 g/mol. The van der Waals surface area contributed by atoms with Crippen LogP contribution < -0.4 is 10.1 Å². The molecule has 136 valence electrons. The van der Waals surface area contributed by atoms with Gasteiger partial charge in [-0.3, -0.25) is 19.6 Å². The molecule has 1 saturated heterocycles. The molecular formula is C19H22N4O3. The number of nitrogens with zero attached hydrogens (tertiary/aromatic N) is 3. The van der Waals surface area contributed by atoms with Crippen LogP contribution in [0.1, 0.15) is 18.5 Å². The van der Waals surface area contributed by atoms with Crippen molar-refractivity contribution < 1.29 is 14.3 Å². The minimum Gasteiger partial charge on any atom is -0.490 e. The predicted molar refractivity (Wildman–Crippen MR) is 95.1 cm³/mol. The number of carbonyl (C=O) groups excluding carboxylic acids is 2. The molecule has 1 aliphatic rings. The Bertz CT molecular complexity index is 724. The lowest BCUT2D eigenvalue weighted by atomic mass is 9.96. The first-order valence-electron chi connectivity index (χ1n) is 8.70. The van der Waals surface area contributed by atoms with E-state index in [0.29, 0.717) is 44.8 Å². The molecule has 26 heavy (non-hydrogen) atoms. The second kappa shape index (κ2) is 8.94. The number of pyridine rings is 2. The van der Waals surface area contributed by atoms with E-state index in [1.165, 1.54) is 0 Å². The van der Waals surface area contributed by atoms with Crippen LogP contribution in [0.3, 0.4) is 0 Å². The molecule has 2 aromatic rings. The highest BCUT2D eigenvalue weighted by atomic mass is 16.5. The first kappa shape index (κ1) is 17.8. The van der Waals surface area contributed by atoms with Gasteiger partial charge in [0.1, 0.15) is 12.4 Å². The van der Waals surface area contributed by atoms with Crippen LogP contribution >= 0.6 is 0 Å². The van der Waals surface area contributed by atoms with Gasteiger partial charge in [0.25, 0.3) is 0 Å². The van der Waals surface area contributed by atoms with E-state index >= 15 is 0 Å². The van der Waals surface area contributed by atoms with Crippen LogP contribution in [0.4, 0.5) is 0 Å². The van der Waals surface area contributed by atoms with Crippen LogP contribution in [0.5, 0.6) is 5.75 Å². The molecule has 0 aliphatic carbocycles. The topological polar surface area (TPSA) is 84.4 Å². The van der Waals surface area contributed by atoms with Crippen LogP contribution in [0.15, 0.2) is 48.9 Å². The highest BCUT2D eigenvalue weighted by molar-refractivity contribution is 5.83. The second-order valence-corrected chi connectivity index (χ2v) is 6.16. The molecule has 1 fully saturated rings. The van der Waals surface area contributed by atoms with Crippen LogP contribution in [-0.4, -0.2) is 46.4 Å². The maximum Gasteiger partial charge on any atom is 0.225 e. The molecule has 7 heteroatoms. The number of ether oxygens (including phenoxy) is 1. The minimum atomic E-state index is -0.199. The summed E-state index contributed by atoms with van der Waals surface area (Å²) in [6.07, 6.45) is 5.97. The molecule has 1 aliphatic heterocycles. The van der Waals surface area contributed by atoms with Crippen LogP contribution in [-0.2, 0) is 16.1 Å². The summed E-state index contributed by atoms with van der Waals surface area (Å²) in [6, 6.07) is 9.22. The number of hydrogen-bond acceptors (Lipinski definition) is 5. The Morgan fingerprint density at radius 2 is 2.19 bits per heavy atom. The molecule has 0 radical (unpaired) electrons. The molecule has 0 unspecified atom stereocenters. The van der Waals surface area contributed by atoms with E-state index in [0.717, 1.165) is 5.69 Å². The number of rotatable bonds is 7. The van der Waals surface area contributed by atoms with Crippen LogP contribution in [0.2, 0.25) is 0 Å². The van der Waals surface area contributed by atoms with Crippen molar-refractivity contribution in [2.75, 3.05) is 19.7 Å². The number of nitrogens with one attached hydrogen (secondary N) is 1. The summed E-state index contributed by atoms with van der Waals surface area (Å²) in [5, 5.41) is 2.88. The summed E-state index contributed by atoms with van der Waals surface area (Å²) >= 11 is 0. The molecule has 0 saturated carbocycles. The van der Waals surface area contributed by atoms with E-state index in [9.17, 15) is 9.59 Å². The molecule has 2 amide bonds. The number of hydrogen-bond donors (Lipinski definition) is 1. The average Bonchev–Trinajstić information content (AvgIpc) is 2.68. The van der Waals surface area contributed by atoms with E-state index < -0.39 is 0 Å². The van der Waals surface area contributed by atoms with Crippen LogP contribution in [0, 0.1) is 5.92 Å². The van der Waals surface area contributed by atoms with Crippen molar-refractivity contribution in [2.45, 2.75) is 19.4 Å². The summed E-state index contributed by atoms with van der Waals surface area (Å²) in [4.78, 5) is 34.4. The molecule has 0 aromatic carbocycles. The highest BCUT2D eigenvalue weighted by Gasteiger charge is 2.30. The van der Waals surface area contributed by atoms with Crippen molar-refractivity contribution in [3.8, 4) is 5.75 Å². The van der Waals surface area contributed by atoms with Crippen molar-refractivity contribution in [3.05, 3.63) is 54.6 Å². The smallest absolute Gasteiger partial charge is 0.225 e. The maximum absolute atomic E-state index is 12.4. The lowest BCUT2D eigenvalue weighted by Crippen LogP contribution is -2.46. The second-order valence-electron chi connectivity index (χ2n) is 6.16. The monoisotopic (exact) mass is 354 g/mol. The third kappa shape index (κ3) is 5.02. The Kier molecular flexibility index (Phi) is 6.14. The zero-order valence-electron chi connectivity index (χ0n) is 14.5. The largest absolute Gasteiger partial charge is 0.490 e. The van der Waals surface area contributed by atoms with Gasteiger partial charge in [-0.25, -0.2) is 0 Å². The molecule has 3 heterocycles. The molecule has 0 spiro atoms. The zero-order valence-corrected chi connectivity index (χ0v) is 14.5. The quantitative estimate of drug-likeness (QED) is 0.760. The Balaban J connectivity index is 1.44. The molecule has 2 aromatic heterocycles. The molecule has 1 N–H and O–H groups in total. The maximum atomic E-state index is 12.4. The van der Waals surface area contributed by atoms with Gasteiger partial charge in [0.05, 0.1) is 30.9 Å². The lowest BCUT2D eigenvalue weighted by molar-refractivity contribution is -0.139. The SMILES string of the molecule is O=C(NCCOc1cccnc1)[C@H]1CCC(=O)N(Cc2ccccn2)C1. The number of likely N-dealkylation sites (tertiary alicyclic amines) is 1. The summed E-state index contributed by atoms with van der Waals surface area (Å²) < 4.78 is 5.51. The van der Waals surface area contributed by atoms with Gasteiger partial charge in [0.2, 0.25) is 11.8 Å². The summed E-state index contributed by atoms with van der Waals surface area (Å²) in [7, 11) is 0. The summed E-state index contributed by atoms with van der Waals surface area (Å²) in [6.45, 7) is 1.65. The fraction of sp³-hybridized carbons (Fsp3) is 0.368. The first-order valence-corrected chi connectivity index (χ1v) is 8.70. The number of piperidine rings is 1. The molecule has 3 rings (SSSR count). The normalized spacial score (nSPS) is 17.0. The van der Waals surface area contributed by atoms with Crippen molar-refractivity contribution in [1.29, 1.82) is 0 Å². The van der Waals surface area contributed by atoms with E-state index in [2.05, 4.69) is 15.3 Å². The Morgan fingerprint density at radius 3 is 2.96 bits per heavy atom. The van der Waals surface area contributed by atoms with Gasteiger partial charge in [-0.2, -0.15) is 0 Å². The zero-order chi connectivity index (χ0) is 18.2. The van der Waals surface area contributed by atoms with Gasteiger partial charge in [-0.15, -0.1) is 0 Å². The number of aromatic nitrogens is 2. The number of carbonyl (C=O) groups is 2. The lowest BCUT2D eigenvalue weighted by Gasteiger charge is -2.31. The fourth-order valence-electron chi connectivity index (χ4n) is 2.89. The van der Waals surface area contributed by atoms with E-state index in [1.807, 2.05) is 24.3 Å². The molecule has 1 atom stereocenters. The van der Waals surface area contributed by atoms with Gasteiger partial charge in [0, 0.05) is 25.4 Å². The van der Waals surface area contributed by atoms with E-state index in [-0.39, 0.29) is 17.7 Å². The average molecular weight is 354 g/mol. The Labute approximate surface area is 152 Å². The van der Waals surface area contributed by atoms with Crippen molar-refractivity contribution in [1.82, 2.24) is 20.2 Å². The standard InChI is InChI=1S/C19H22N4O3/c24-18-7-6-15(13-23(18)14-16-4-1-2-9-21-16)19(25)22-10-11-26-17-5-3-8-20-12-17/h1-5,8-9,12,15H,6-7,10-11,13-14H2,(H,22,25)/t15-/m0/s1. The van der Waals surface area contributed by atoms with Gasteiger partial charge in [-0.05, 0) is 30.7 Å². The number of amides is 2.